The third kappa shape index (κ3) is 3.33. The summed E-state index contributed by atoms with van der Waals surface area (Å²) in [7, 11) is 0. The van der Waals surface area contributed by atoms with Crippen molar-refractivity contribution in [2.45, 2.75) is 31.9 Å². The first-order chi connectivity index (χ1) is 7.34. The van der Waals surface area contributed by atoms with Gasteiger partial charge in [0.15, 0.2) is 0 Å². The van der Waals surface area contributed by atoms with E-state index < -0.39 is 0 Å². The lowest BCUT2D eigenvalue weighted by Crippen LogP contribution is -2.24. The molecular formula is C13H19NO. The van der Waals surface area contributed by atoms with Gasteiger partial charge in [0.25, 0.3) is 0 Å². The summed E-state index contributed by atoms with van der Waals surface area (Å²) in [6, 6.07) is 10.6. The van der Waals surface area contributed by atoms with E-state index in [0.717, 1.165) is 38.9 Å². The fourth-order valence-corrected chi connectivity index (χ4v) is 2.14. The lowest BCUT2D eigenvalue weighted by Gasteiger charge is -2.19. The average molecular weight is 205 g/mol. The Labute approximate surface area is 91.5 Å². The summed E-state index contributed by atoms with van der Waals surface area (Å²) < 4.78 is 0. The van der Waals surface area contributed by atoms with Crippen LogP contribution < -0.4 is 0 Å². The molecule has 1 N–H and O–H groups in total. The molecule has 2 rings (SSSR count). The molecule has 2 nitrogen and oxygen atoms in total. The Balaban J connectivity index is 1.89. The maximum Gasteiger partial charge on any atom is 0.0553 e. The minimum Gasteiger partial charge on any atom is -0.393 e. The molecule has 2 heteroatoms. The second-order valence-electron chi connectivity index (χ2n) is 4.35. The molecule has 15 heavy (non-hydrogen) atoms. The molecule has 1 aromatic carbocycles. The smallest absolute Gasteiger partial charge is 0.0553 e. The molecule has 0 amide bonds. The van der Waals surface area contributed by atoms with E-state index in [9.17, 15) is 5.11 Å². The topological polar surface area (TPSA) is 23.5 Å². The standard InChI is InChI=1S/C13H19NO/c15-13-7-4-9-14(10-8-13)11-12-5-2-1-3-6-12/h1-3,5-6,13,15H,4,7-11H2/t13-/m0/s1. The van der Waals surface area contributed by atoms with E-state index in [1.807, 2.05) is 0 Å². The van der Waals surface area contributed by atoms with E-state index in [1.54, 1.807) is 0 Å². The lowest BCUT2D eigenvalue weighted by molar-refractivity contribution is 0.154. The minimum atomic E-state index is -0.0780. The molecule has 0 aromatic heterocycles. The number of rotatable bonds is 2. The van der Waals surface area contributed by atoms with Crippen LogP contribution >= 0.6 is 0 Å². The second-order valence-corrected chi connectivity index (χ2v) is 4.35. The number of likely N-dealkylation sites (tertiary alicyclic amines) is 1. The van der Waals surface area contributed by atoms with Crippen molar-refractivity contribution in [3.8, 4) is 0 Å². The summed E-state index contributed by atoms with van der Waals surface area (Å²) in [5, 5.41) is 9.55. The van der Waals surface area contributed by atoms with Gasteiger partial charge in [-0.3, -0.25) is 4.90 Å². The maximum atomic E-state index is 9.55. The highest BCUT2D eigenvalue weighted by Crippen LogP contribution is 2.13. The Morgan fingerprint density at radius 3 is 2.73 bits per heavy atom. The first-order valence-electron chi connectivity index (χ1n) is 5.79. The van der Waals surface area contributed by atoms with Gasteiger partial charge >= 0.3 is 0 Å². The van der Waals surface area contributed by atoms with E-state index in [-0.39, 0.29) is 6.10 Å². The number of nitrogens with zero attached hydrogens (tertiary/aromatic N) is 1. The zero-order valence-corrected chi connectivity index (χ0v) is 9.10. The molecule has 1 aliphatic rings. The predicted molar refractivity (Wildman–Crippen MR) is 61.6 cm³/mol. The van der Waals surface area contributed by atoms with E-state index >= 15 is 0 Å². The highest BCUT2D eigenvalue weighted by Gasteiger charge is 2.14. The molecule has 0 spiro atoms. The van der Waals surface area contributed by atoms with Gasteiger partial charge in [-0.2, -0.15) is 0 Å². The van der Waals surface area contributed by atoms with Crippen molar-refractivity contribution in [2.24, 2.45) is 0 Å². The molecule has 1 fully saturated rings. The van der Waals surface area contributed by atoms with Gasteiger partial charge in [0.1, 0.15) is 0 Å². The maximum absolute atomic E-state index is 9.55. The number of aliphatic hydroxyl groups excluding tert-OH is 1. The summed E-state index contributed by atoms with van der Waals surface area (Å²) in [6.07, 6.45) is 2.93. The molecule has 1 heterocycles. The summed E-state index contributed by atoms with van der Waals surface area (Å²) >= 11 is 0. The highest BCUT2D eigenvalue weighted by molar-refractivity contribution is 5.14. The van der Waals surface area contributed by atoms with Crippen LogP contribution in [-0.2, 0) is 6.54 Å². The van der Waals surface area contributed by atoms with Crippen molar-refractivity contribution in [3.05, 3.63) is 35.9 Å². The van der Waals surface area contributed by atoms with Crippen molar-refractivity contribution in [1.29, 1.82) is 0 Å². The summed E-state index contributed by atoms with van der Waals surface area (Å²) in [4.78, 5) is 2.44. The van der Waals surface area contributed by atoms with E-state index in [2.05, 4.69) is 35.2 Å². The second kappa shape index (κ2) is 5.29. The predicted octanol–water partition coefficient (Wildman–Crippen LogP) is 2.03. The van der Waals surface area contributed by atoms with Crippen molar-refractivity contribution in [3.63, 3.8) is 0 Å². The quantitative estimate of drug-likeness (QED) is 0.798. The van der Waals surface area contributed by atoms with Crippen LogP contribution in [0, 0.1) is 0 Å². The van der Waals surface area contributed by atoms with Gasteiger partial charge in [0, 0.05) is 13.1 Å². The molecule has 0 bridgehead atoms. The molecule has 1 aliphatic heterocycles. The van der Waals surface area contributed by atoms with Crippen LogP contribution in [0.4, 0.5) is 0 Å². The van der Waals surface area contributed by atoms with Crippen molar-refractivity contribution < 1.29 is 5.11 Å². The van der Waals surface area contributed by atoms with Gasteiger partial charge in [-0.1, -0.05) is 30.3 Å². The van der Waals surface area contributed by atoms with Crippen LogP contribution in [0.15, 0.2) is 30.3 Å². The van der Waals surface area contributed by atoms with Gasteiger partial charge in [-0.15, -0.1) is 0 Å². The normalized spacial score (nSPS) is 23.7. The number of aliphatic hydroxyl groups is 1. The van der Waals surface area contributed by atoms with Gasteiger partial charge < -0.3 is 5.11 Å². The first-order valence-corrected chi connectivity index (χ1v) is 5.79. The summed E-state index contributed by atoms with van der Waals surface area (Å²) in [5.41, 5.74) is 1.37. The highest BCUT2D eigenvalue weighted by atomic mass is 16.3. The Morgan fingerprint density at radius 2 is 1.93 bits per heavy atom. The fourth-order valence-electron chi connectivity index (χ4n) is 2.14. The van der Waals surface area contributed by atoms with E-state index in [4.69, 9.17) is 0 Å². The average Bonchev–Trinajstić information content (AvgIpc) is 2.46. The largest absolute Gasteiger partial charge is 0.393 e. The Bertz CT molecular complexity index is 286. The number of benzene rings is 1. The van der Waals surface area contributed by atoms with Crippen molar-refractivity contribution >= 4 is 0 Å². The molecule has 1 atom stereocenters. The molecule has 1 aromatic rings. The van der Waals surface area contributed by atoms with Crippen LogP contribution in [0.5, 0.6) is 0 Å². The van der Waals surface area contributed by atoms with Crippen molar-refractivity contribution in [2.75, 3.05) is 13.1 Å². The summed E-state index contributed by atoms with van der Waals surface area (Å²) in [6.45, 7) is 3.16. The number of hydrogen-bond acceptors (Lipinski definition) is 2. The first kappa shape index (κ1) is 10.7. The lowest BCUT2D eigenvalue weighted by atomic mass is 10.2. The zero-order valence-electron chi connectivity index (χ0n) is 9.10. The Morgan fingerprint density at radius 1 is 1.13 bits per heavy atom. The monoisotopic (exact) mass is 205 g/mol. The van der Waals surface area contributed by atoms with Gasteiger partial charge in [0.05, 0.1) is 6.10 Å². The molecular weight excluding hydrogens is 186 g/mol. The molecule has 0 aliphatic carbocycles. The molecule has 0 saturated carbocycles. The van der Waals surface area contributed by atoms with Crippen LogP contribution in [0.1, 0.15) is 24.8 Å². The van der Waals surface area contributed by atoms with Crippen LogP contribution in [-0.4, -0.2) is 29.2 Å². The molecule has 0 unspecified atom stereocenters. The molecule has 0 radical (unpaired) electrons. The SMILES string of the molecule is O[C@H]1CCCN(Cc2ccccc2)CC1. The van der Waals surface area contributed by atoms with Crippen LogP contribution in [0.2, 0.25) is 0 Å². The fraction of sp³-hybridized carbons (Fsp3) is 0.538. The third-order valence-electron chi connectivity index (χ3n) is 3.04. The van der Waals surface area contributed by atoms with E-state index in [0.29, 0.717) is 0 Å². The summed E-state index contributed by atoms with van der Waals surface area (Å²) in [5.74, 6) is 0. The zero-order chi connectivity index (χ0) is 10.5. The Kier molecular flexibility index (Phi) is 3.75. The van der Waals surface area contributed by atoms with E-state index in [1.165, 1.54) is 5.56 Å². The number of hydrogen-bond donors (Lipinski definition) is 1. The molecule has 1 saturated heterocycles. The van der Waals surface area contributed by atoms with Gasteiger partial charge in [0.2, 0.25) is 0 Å². The minimum absolute atomic E-state index is 0.0780. The van der Waals surface area contributed by atoms with Gasteiger partial charge in [-0.25, -0.2) is 0 Å². The third-order valence-corrected chi connectivity index (χ3v) is 3.04. The van der Waals surface area contributed by atoms with Gasteiger partial charge in [-0.05, 0) is 31.4 Å². The van der Waals surface area contributed by atoms with Crippen molar-refractivity contribution in [1.82, 2.24) is 4.90 Å². The van der Waals surface area contributed by atoms with Crippen LogP contribution in [0.3, 0.4) is 0 Å². The Hall–Kier alpha value is -0.860. The van der Waals surface area contributed by atoms with Crippen LogP contribution in [0.25, 0.3) is 0 Å². The molecule has 82 valence electrons.